The molecule has 1 aliphatic rings. The van der Waals surface area contributed by atoms with Gasteiger partial charge in [-0.05, 0) is 38.5 Å². The number of carbonyl (C=O) groups excluding carboxylic acids is 1. The molecule has 3 heteroatoms. The van der Waals surface area contributed by atoms with Crippen LogP contribution in [-0.4, -0.2) is 18.1 Å². The van der Waals surface area contributed by atoms with Crippen LogP contribution in [0.1, 0.15) is 59.3 Å². The van der Waals surface area contributed by atoms with Crippen LogP contribution in [0.5, 0.6) is 0 Å². The Morgan fingerprint density at radius 2 is 1.76 bits per heavy atom. The lowest BCUT2D eigenvalue weighted by atomic mass is 9.80. The Bertz CT molecular complexity index is 237. The standard InChI is InChI=1S/C14H27NO2/c1-4-5-11-6-8-12(9-7-11)10-17-13(16)14(2,3)15/h11-12H,4-10,15H2,1-3H3/t11-,12-. The third-order valence-corrected chi connectivity index (χ3v) is 3.64. The fourth-order valence-corrected chi connectivity index (χ4v) is 2.47. The van der Waals surface area contributed by atoms with E-state index in [9.17, 15) is 4.79 Å². The van der Waals surface area contributed by atoms with Gasteiger partial charge in [-0.15, -0.1) is 0 Å². The molecule has 0 amide bonds. The quantitative estimate of drug-likeness (QED) is 0.753. The van der Waals surface area contributed by atoms with Crippen LogP contribution in [0, 0.1) is 11.8 Å². The molecule has 2 N–H and O–H groups in total. The van der Waals surface area contributed by atoms with Gasteiger partial charge in [0.15, 0.2) is 0 Å². The first kappa shape index (κ1) is 14.5. The van der Waals surface area contributed by atoms with Crippen molar-refractivity contribution in [2.24, 2.45) is 17.6 Å². The molecule has 100 valence electrons. The maximum Gasteiger partial charge on any atom is 0.325 e. The van der Waals surface area contributed by atoms with E-state index in [0.717, 1.165) is 5.92 Å². The fourth-order valence-electron chi connectivity index (χ4n) is 2.47. The summed E-state index contributed by atoms with van der Waals surface area (Å²) in [4.78, 5) is 11.5. The summed E-state index contributed by atoms with van der Waals surface area (Å²) >= 11 is 0. The lowest BCUT2D eigenvalue weighted by Gasteiger charge is -2.28. The summed E-state index contributed by atoms with van der Waals surface area (Å²) in [5, 5.41) is 0. The molecule has 0 aliphatic heterocycles. The van der Waals surface area contributed by atoms with E-state index in [1.807, 2.05) is 0 Å². The summed E-state index contributed by atoms with van der Waals surface area (Å²) in [6.45, 7) is 6.18. The first-order chi connectivity index (χ1) is 7.93. The molecule has 1 aliphatic carbocycles. The molecule has 1 fully saturated rings. The molecule has 0 aromatic heterocycles. The van der Waals surface area contributed by atoms with Crippen molar-refractivity contribution in [1.29, 1.82) is 0 Å². The third-order valence-electron chi connectivity index (χ3n) is 3.64. The number of rotatable bonds is 5. The van der Waals surface area contributed by atoms with Gasteiger partial charge >= 0.3 is 5.97 Å². The summed E-state index contributed by atoms with van der Waals surface area (Å²) in [6, 6.07) is 0. The predicted octanol–water partition coefficient (Wildman–Crippen LogP) is 2.87. The predicted molar refractivity (Wildman–Crippen MR) is 69.6 cm³/mol. The molecule has 0 aromatic rings. The summed E-state index contributed by atoms with van der Waals surface area (Å²) in [5.41, 5.74) is 4.82. The Morgan fingerprint density at radius 1 is 1.24 bits per heavy atom. The zero-order valence-corrected chi connectivity index (χ0v) is 11.5. The van der Waals surface area contributed by atoms with Crippen molar-refractivity contribution in [2.45, 2.75) is 64.8 Å². The van der Waals surface area contributed by atoms with Gasteiger partial charge in [0.1, 0.15) is 5.54 Å². The highest BCUT2D eigenvalue weighted by Crippen LogP contribution is 2.31. The normalized spacial score (nSPS) is 25.6. The minimum absolute atomic E-state index is 0.284. The van der Waals surface area contributed by atoms with Crippen molar-refractivity contribution in [3.8, 4) is 0 Å². The minimum atomic E-state index is -0.862. The Balaban J connectivity index is 2.21. The molecule has 0 heterocycles. The lowest BCUT2D eigenvalue weighted by molar-refractivity contribution is -0.150. The highest BCUT2D eigenvalue weighted by atomic mass is 16.5. The number of hydrogen-bond acceptors (Lipinski definition) is 3. The topological polar surface area (TPSA) is 52.3 Å². The van der Waals surface area contributed by atoms with E-state index in [2.05, 4.69) is 6.92 Å². The number of carbonyl (C=O) groups is 1. The van der Waals surface area contributed by atoms with E-state index in [-0.39, 0.29) is 5.97 Å². The minimum Gasteiger partial charge on any atom is -0.464 e. The maximum atomic E-state index is 11.5. The Labute approximate surface area is 105 Å². The monoisotopic (exact) mass is 241 g/mol. The van der Waals surface area contributed by atoms with Crippen LogP contribution < -0.4 is 5.73 Å². The van der Waals surface area contributed by atoms with Crippen LogP contribution in [-0.2, 0) is 9.53 Å². The molecule has 1 saturated carbocycles. The number of hydrogen-bond donors (Lipinski definition) is 1. The van der Waals surface area contributed by atoms with Crippen molar-refractivity contribution in [1.82, 2.24) is 0 Å². The van der Waals surface area contributed by atoms with Gasteiger partial charge in [-0.1, -0.05) is 32.6 Å². The van der Waals surface area contributed by atoms with Crippen LogP contribution in [0.15, 0.2) is 0 Å². The van der Waals surface area contributed by atoms with E-state index >= 15 is 0 Å². The lowest BCUT2D eigenvalue weighted by Crippen LogP contribution is -2.43. The summed E-state index contributed by atoms with van der Waals surface area (Å²) in [6.07, 6.45) is 7.62. The van der Waals surface area contributed by atoms with Crippen LogP contribution in [0.4, 0.5) is 0 Å². The van der Waals surface area contributed by atoms with Gasteiger partial charge in [-0.2, -0.15) is 0 Å². The number of nitrogens with two attached hydrogens (primary N) is 1. The molecule has 0 spiro atoms. The molecule has 0 aromatic carbocycles. The van der Waals surface area contributed by atoms with Crippen molar-refractivity contribution in [3.05, 3.63) is 0 Å². The van der Waals surface area contributed by atoms with Crippen molar-refractivity contribution in [2.75, 3.05) is 6.61 Å². The van der Waals surface area contributed by atoms with Crippen molar-refractivity contribution < 1.29 is 9.53 Å². The fraction of sp³-hybridized carbons (Fsp3) is 0.929. The summed E-state index contributed by atoms with van der Waals surface area (Å²) < 4.78 is 5.28. The molecule has 0 saturated heterocycles. The van der Waals surface area contributed by atoms with Crippen LogP contribution in [0.25, 0.3) is 0 Å². The molecule has 0 radical (unpaired) electrons. The molecule has 0 atom stereocenters. The Hall–Kier alpha value is -0.570. The highest BCUT2D eigenvalue weighted by Gasteiger charge is 2.26. The summed E-state index contributed by atoms with van der Waals surface area (Å²) in [7, 11) is 0. The van der Waals surface area contributed by atoms with E-state index in [1.165, 1.54) is 38.5 Å². The average Bonchev–Trinajstić information content (AvgIpc) is 2.27. The van der Waals surface area contributed by atoms with Gasteiger partial charge in [-0.3, -0.25) is 4.79 Å². The largest absolute Gasteiger partial charge is 0.464 e. The molecule has 17 heavy (non-hydrogen) atoms. The first-order valence-electron chi connectivity index (χ1n) is 6.89. The van der Waals surface area contributed by atoms with Crippen LogP contribution >= 0.6 is 0 Å². The SMILES string of the molecule is CCC[C@H]1CC[C@H](COC(=O)C(C)(C)N)CC1. The van der Waals surface area contributed by atoms with E-state index in [1.54, 1.807) is 13.8 Å². The van der Waals surface area contributed by atoms with Gasteiger partial charge < -0.3 is 10.5 Å². The van der Waals surface area contributed by atoms with E-state index in [4.69, 9.17) is 10.5 Å². The smallest absolute Gasteiger partial charge is 0.325 e. The average molecular weight is 241 g/mol. The Kier molecular flexibility index (Phi) is 5.44. The van der Waals surface area contributed by atoms with Crippen LogP contribution in [0.2, 0.25) is 0 Å². The molecular weight excluding hydrogens is 214 g/mol. The van der Waals surface area contributed by atoms with Gasteiger partial charge in [-0.25, -0.2) is 0 Å². The van der Waals surface area contributed by atoms with Crippen molar-refractivity contribution >= 4 is 5.97 Å². The summed E-state index contributed by atoms with van der Waals surface area (Å²) in [5.74, 6) is 1.17. The van der Waals surface area contributed by atoms with Crippen molar-refractivity contribution in [3.63, 3.8) is 0 Å². The van der Waals surface area contributed by atoms with Gasteiger partial charge in [0.25, 0.3) is 0 Å². The second-order valence-electron chi connectivity index (χ2n) is 6.00. The second-order valence-corrected chi connectivity index (χ2v) is 6.00. The zero-order chi connectivity index (χ0) is 12.9. The van der Waals surface area contributed by atoms with E-state index in [0.29, 0.717) is 12.5 Å². The van der Waals surface area contributed by atoms with Gasteiger partial charge in [0.05, 0.1) is 6.61 Å². The Morgan fingerprint density at radius 3 is 2.24 bits per heavy atom. The maximum absolute atomic E-state index is 11.5. The molecule has 1 rings (SSSR count). The zero-order valence-electron chi connectivity index (χ0n) is 11.5. The van der Waals surface area contributed by atoms with Gasteiger partial charge in [0.2, 0.25) is 0 Å². The molecule has 0 unspecified atom stereocenters. The highest BCUT2D eigenvalue weighted by molar-refractivity contribution is 5.79. The molecule has 3 nitrogen and oxygen atoms in total. The number of esters is 1. The first-order valence-corrected chi connectivity index (χ1v) is 6.89. The second kappa shape index (κ2) is 6.39. The van der Waals surface area contributed by atoms with E-state index < -0.39 is 5.54 Å². The van der Waals surface area contributed by atoms with Crippen LogP contribution in [0.3, 0.4) is 0 Å². The third kappa shape index (κ3) is 5.07. The molecule has 0 bridgehead atoms. The molecular formula is C14H27NO2. The number of ether oxygens (including phenoxy) is 1. The van der Waals surface area contributed by atoms with Gasteiger partial charge in [0, 0.05) is 0 Å².